The number of aliphatic carboxylic acids is 1. The van der Waals surface area contributed by atoms with Gasteiger partial charge in [-0.3, -0.25) is 0 Å². The second-order valence-corrected chi connectivity index (χ2v) is 4.60. The van der Waals surface area contributed by atoms with E-state index in [4.69, 9.17) is 4.74 Å². The van der Waals surface area contributed by atoms with Crippen molar-refractivity contribution >= 4 is 11.7 Å². The molecule has 0 fully saturated rings. The Morgan fingerprint density at radius 1 is 1.38 bits per heavy atom. The molecular weight excluding hydrogens is 268 g/mol. The van der Waals surface area contributed by atoms with Gasteiger partial charge in [0.25, 0.3) is 0 Å². The molecule has 0 aliphatic heterocycles. The molecule has 0 radical (unpaired) electrons. The van der Waals surface area contributed by atoms with Crippen molar-refractivity contribution in [1.82, 2.24) is 4.98 Å². The van der Waals surface area contributed by atoms with Crippen LogP contribution in [0.4, 0.5) is 5.69 Å². The van der Waals surface area contributed by atoms with E-state index in [0.29, 0.717) is 11.4 Å². The fourth-order valence-electron chi connectivity index (χ4n) is 2.02. The molecule has 2 aromatic rings. The van der Waals surface area contributed by atoms with E-state index in [1.54, 1.807) is 12.1 Å². The minimum Gasteiger partial charge on any atom is -0.481 e. The first-order chi connectivity index (χ1) is 10.1. The van der Waals surface area contributed by atoms with Crippen LogP contribution < -0.4 is 10.1 Å². The molecule has 0 saturated carbocycles. The Balaban J connectivity index is 2.23. The number of benzene rings is 1. The highest BCUT2D eigenvalue weighted by atomic mass is 16.5. The largest absolute Gasteiger partial charge is 0.481 e. The lowest BCUT2D eigenvalue weighted by Gasteiger charge is -2.16. The normalized spacial score (nSPS) is 11.7. The minimum atomic E-state index is -0.955. The number of pyridine rings is 1. The van der Waals surface area contributed by atoms with Crippen LogP contribution in [0.2, 0.25) is 0 Å². The fourth-order valence-corrected chi connectivity index (χ4v) is 2.02. The summed E-state index contributed by atoms with van der Waals surface area (Å²) < 4.78 is 4.98. The summed E-state index contributed by atoms with van der Waals surface area (Å²) in [5.74, 6) is -0.500. The number of methoxy groups -OCH3 is 1. The average molecular weight is 286 g/mol. The molecule has 2 N–H and O–H groups in total. The number of ether oxygens (including phenoxy) is 1. The number of carboxylic acids is 1. The van der Waals surface area contributed by atoms with Crippen LogP contribution in [0.25, 0.3) is 0 Å². The zero-order valence-corrected chi connectivity index (χ0v) is 12.0. The summed E-state index contributed by atoms with van der Waals surface area (Å²) >= 11 is 0. The number of carbonyl (C=O) groups is 1. The zero-order valence-electron chi connectivity index (χ0n) is 12.0. The summed E-state index contributed by atoms with van der Waals surface area (Å²) in [7, 11) is 1.52. The minimum absolute atomic E-state index is 0.455. The van der Waals surface area contributed by atoms with Crippen molar-refractivity contribution in [3.63, 3.8) is 0 Å². The third-order valence-electron chi connectivity index (χ3n) is 3.19. The van der Waals surface area contributed by atoms with Crippen molar-refractivity contribution in [2.45, 2.75) is 19.4 Å². The van der Waals surface area contributed by atoms with Crippen molar-refractivity contribution in [1.29, 1.82) is 0 Å². The summed E-state index contributed by atoms with van der Waals surface area (Å²) in [4.78, 5) is 15.5. The first-order valence-electron chi connectivity index (χ1n) is 6.72. The highest BCUT2D eigenvalue weighted by molar-refractivity contribution is 5.79. The number of anilines is 1. The number of hydrogen-bond donors (Lipinski definition) is 2. The number of aromatic nitrogens is 1. The quantitative estimate of drug-likeness (QED) is 0.854. The van der Waals surface area contributed by atoms with Crippen molar-refractivity contribution in [3.05, 3.63) is 53.7 Å². The van der Waals surface area contributed by atoms with E-state index in [9.17, 15) is 9.90 Å². The lowest BCUT2D eigenvalue weighted by atomic mass is 10.1. The van der Waals surface area contributed by atoms with Crippen LogP contribution in [0, 0.1) is 0 Å². The average Bonchev–Trinajstić information content (AvgIpc) is 2.52. The molecule has 1 atom stereocenters. The maximum Gasteiger partial charge on any atom is 0.330 e. The third-order valence-corrected chi connectivity index (χ3v) is 3.19. The Kier molecular flexibility index (Phi) is 4.77. The summed E-state index contributed by atoms with van der Waals surface area (Å²) in [6, 6.07) is 10.2. The summed E-state index contributed by atoms with van der Waals surface area (Å²) in [5.41, 5.74) is 2.50. The Morgan fingerprint density at radius 3 is 2.76 bits per heavy atom. The molecule has 110 valence electrons. The molecule has 1 aromatic carbocycles. The highest BCUT2D eigenvalue weighted by Gasteiger charge is 2.20. The lowest BCUT2D eigenvalue weighted by molar-refractivity contribution is -0.138. The second kappa shape index (κ2) is 6.74. The second-order valence-electron chi connectivity index (χ2n) is 4.60. The summed E-state index contributed by atoms with van der Waals surface area (Å²) in [6.45, 7) is 2.06. The molecule has 1 heterocycles. The van der Waals surface area contributed by atoms with Gasteiger partial charge in [-0.15, -0.1) is 0 Å². The predicted octanol–water partition coefficient (Wildman–Crippen LogP) is 2.89. The van der Waals surface area contributed by atoms with Crippen LogP contribution in [0.5, 0.6) is 5.88 Å². The van der Waals surface area contributed by atoms with Gasteiger partial charge in [0.1, 0.15) is 0 Å². The first-order valence-corrected chi connectivity index (χ1v) is 6.72. The fraction of sp³-hybridized carbons (Fsp3) is 0.250. The van der Waals surface area contributed by atoms with Gasteiger partial charge in [0, 0.05) is 23.5 Å². The first kappa shape index (κ1) is 14.8. The van der Waals surface area contributed by atoms with Gasteiger partial charge in [0.15, 0.2) is 6.04 Å². The molecule has 2 rings (SSSR count). The monoisotopic (exact) mass is 286 g/mol. The Bertz CT molecular complexity index is 611. The number of hydrogen-bond acceptors (Lipinski definition) is 4. The number of rotatable bonds is 6. The van der Waals surface area contributed by atoms with Gasteiger partial charge in [0.05, 0.1) is 7.11 Å². The van der Waals surface area contributed by atoms with E-state index in [1.165, 1.54) is 13.3 Å². The Labute approximate surface area is 123 Å². The van der Waals surface area contributed by atoms with Crippen molar-refractivity contribution in [2.75, 3.05) is 12.4 Å². The van der Waals surface area contributed by atoms with Crippen LogP contribution in [0.1, 0.15) is 24.1 Å². The number of carboxylic acid groups (broad SMARTS) is 1. The Morgan fingerprint density at radius 2 is 2.19 bits per heavy atom. The van der Waals surface area contributed by atoms with E-state index in [1.807, 2.05) is 24.3 Å². The molecule has 21 heavy (non-hydrogen) atoms. The van der Waals surface area contributed by atoms with E-state index in [-0.39, 0.29) is 0 Å². The molecule has 0 saturated heterocycles. The number of aryl methyl sites for hydroxylation is 1. The molecule has 0 spiro atoms. The molecule has 0 aliphatic rings. The molecule has 5 nitrogen and oxygen atoms in total. The van der Waals surface area contributed by atoms with Crippen LogP contribution in [-0.2, 0) is 11.2 Å². The molecule has 5 heteroatoms. The number of nitrogens with one attached hydrogen (secondary N) is 1. The summed E-state index contributed by atoms with van der Waals surface area (Å²) in [6.07, 6.45) is 2.41. The molecule has 0 aliphatic carbocycles. The van der Waals surface area contributed by atoms with Gasteiger partial charge in [-0.25, -0.2) is 9.78 Å². The highest BCUT2D eigenvalue weighted by Crippen LogP contribution is 2.21. The van der Waals surface area contributed by atoms with E-state index >= 15 is 0 Å². The van der Waals surface area contributed by atoms with Crippen molar-refractivity contribution in [2.24, 2.45) is 0 Å². The zero-order chi connectivity index (χ0) is 15.2. The maximum atomic E-state index is 11.5. The van der Waals surface area contributed by atoms with Gasteiger partial charge in [-0.05, 0) is 30.2 Å². The van der Waals surface area contributed by atoms with Gasteiger partial charge >= 0.3 is 5.97 Å². The molecule has 0 bridgehead atoms. The van der Waals surface area contributed by atoms with Crippen molar-refractivity contribution < 1.29 is 14.6 Å². The van der Waals surface area contributed by atoms with E-state index in [0.717, 1.165) is 17.7 Å². The standard InChI is InChI=1S/C16H18N2O3/c1-3-11-5-4-6-13(9-11)18-15(16(19)20)12-7-8-14(21-2)17-10-12/h4-10,15,18H,3H2,1-2H3,(H,19,20). The van der Waals surface area contributed by atoms with Gasteiger partial charge in [-0.2, -0.15) is 0 Å². The topological polar surface area (TPSA) is 71.5 Å². The predicted molar refractivity (Wildman–Crippen MR) is 80.6 cm³/mol. The van der Waals surface area contributed by atoms with Crippen molar-refractivity contribution in [3.8, 4) is 5.88 Å². The lowest BCUT2D eigenvalue weighted by Crippen LogP contribution is -2.20. The smallest absolute Gasteiger partial charge is 0.330 e. The van der Waals surface area contributed by atoms with E-state index in [2.05, 4.69) is 17.2 Å². The molecule has 1 aromatic heterocycles. The molecule has 1 unspecified atom stereocenters. The van der Waals surface area contributed by atoms with Crippen LogP contribution in [0.3, 0.4) is 0 Å². The van der Waals surface area contributed by atoms with E-state index < -0.39 is 12.0 Å². The van der Waals surface area contributed by atoms with Crippen LogP contribution >= 0.6 is 0 Å². The van der Waals surface area contributed by atoms with Gasteiger partial charge in [0.2, 0.25) is 5.88 Å². The Hall–Kier alpha value is -2.56. The molecule has 0 amide bonds. The molecular formula is C16H18N2O3. The van der Waals surface area contributed by atoms with Gasteiger partial charge in [-0.1, -0.05) is 19.1 Å². The van der Waals surface area contributed by atoms with Crippen LogP contribution in [0.15, 0.2) is 42.6 Å². The maximum absolute atomic E-state index is 11.5. The van der Waals surface area contributed by atoms with Gasteiger partial charge < -0.3 is 15.2 Å². The summed E-state index contributed by atoms with van der Waals surface area (Å²) in [5, 5.41) is 12.4. The third kappa shape index (κ3) is 3.72. The van der Waals surface area contributed by atoms with Crippen LogP contribution in [-0.4, -0.2) is 23.2 Å². The SMILES string of the molecule is CCc1cccc(NC(C(=O)O)c2ccc(OC)nc2)c1. The number of nitrogens with zero attached hydrogens (tertiary/aromatic N) is 1.